The van der Waals surface area contributed by atoms with Gasteiger partial charge in [0, 0.05) is 6.08 Å². The van der Waals surface area contributed by atoms with Gasteiger partial charge >= 0.3 is 5.97 Å². The van der Waals surface area contributed by atoms with Crippen LogP contribution in [0.3, 0.4) is 0 Å². The van der Waals surface area contributed by atoms with Gasteiger partial charge in [0.25, 0.3) is 10.0 Å². The van der Waals surface area contributed by atoms with Gasteiger partial charge in [-0.1, -0.05) is 24.3 Å². The average Bonchev–Trinajstić information content (AvgIpc) is 2.48. The van der Waals surface area contributed by atoms with Crippen LogP contribution < -0.4 is 4.72 Å². The second-order valence-corrected chi connectivity index (χ2v) is 6.01. The number of para-hydroxylation sites is 1. The van der Waals surface area contributed by atoms with Crippen LogP contribution in [0.4, 0.5) is 10.1 Å². The Bertz CT molecular complexity index is 831. The number of rotatable bonds is 5. The lowest BCUT2D eigenvalue weighted by Crippen LogP contribution is -2.14. The lowest BCUT2D eigenvalue weighted by Gasteiger charge is -2.09. The number of nitrogens with one attached hydrogen (secondary N) is 1. The molecule has 2 aromatic carbocycles. The highest BCUT2D eigenvalue weighted by molar-refractivity contribution is 7.92. The minimum absolute atomic E-state index is 0.0942. The van der Waals surface area contributed by atoms with Crippen LogP contribution in [0.15, 0.2) is 59.5 Å². The first-order valence-electron chi connectivity index (χ1n) is 6.17. The molecule has 0 atom stereocenters. The standard InChI is InChI=1S/C15H12FNO4S/c16-13-6-1-2-7-14(13)17-22(20,21)12-5-3-4-11(10-12)8-9-15(18)19/h1-10,17H,(H,18,19). The molecule has 0 spiro atoms. The fraction of sp³-hybridized carbons (Fsp3) is 0. The third-order valence-corrected chi connectivity index (χ3v) is 4.07. The summed E-state index contributed by atoms with van der Waals surface area (Å²) < 4.78 is 40.1. The number of anilines is 1. The second kappa shape index (κ2) is 6.40. The fourth-order valence-corrected chi connectivity index (χ4v) is 2.82. The number of hydrogen-bond acceptors (Lipinski definition) is 3. The molecule has 0 unspecified atom stereocenters. The molecule has 0 aliphatic heterocycles. The molecule has 0 saturated heterocycles. The van der Waals surface area contributed by atoms with E-state index in [2.05, 4.69) is 4.72 Å². The highest BCUT2D eigenvalue weighted by Gasteiger charge is 2.16. The third kappa shape index (κ3) is 3.92. The first-order valence-corrected chi connectivity index (χ1v) is 7.65. The Morgan fingerprint density at radius 1 is 1.14 bits per heavy atom. The van der Waals surface area contributed by atoms with E-state index in [1.54, 1.807) is 6.07 Å². The van der Waals surface area contributed by atoms with Crippen LogP contribution in [-0.4, -0.2) is 19.5 Å². The highest BCUT2D eigenvalue weighted by Crippen LogP contribution is 2.19. The Labute approximate surface area is 126 Å². The monoisotopic (exact) mass is 321 g/mol. The molecule has 114 valence electrons. The first-order chi connectivity index (χ1) is 10.4. The van der Waals surface area contributed by atoms with Crippen molar-refractivity contribution in [2.45, 2.75) is 4.90 Å². The van der Waals surface area contributed by atoms with Gasteiger partial charge in [-0.15, -0.1) is 0 Å². The highest BCUT2D eigenvalue weighted by atomic mass is 32.2. The topological polar surface area (TPSA) is 83.5 Å². The van der Waals surface area contributed by atoms with Gasteiger partial charge in [0.15, 0.2) is 0 Å². The van der Waals surface area contributed by atoms with Crippen LogP contribution in [0.1, 0.15) is 5.56 Å². The Hall–Kier alpha value is -2.67. The normalized spacial score (nSPS) is 11.5. The Kier molecular flexibility index (Phi) is 4.57. The third-order valence-electron chi connectivity index (χ3n) is 2.70. The lowest BCUT2D eigenvalue weighted by molar-refractivity contribution is -0.131. The van der Waals surface area contributed by atoms with E-state index in [1.807, 2.05) is 0 Å². The smallest absolute Gasteiger partial charge is 0.328 e. The summed E-state index contributed by atoms with van der Waals surface area (Å²) in [7, 11) is -3.97. The number of hydrogen-bond donors (Lipinski definition) is 2. The lowest BCUT2D eigenvalue weighted by atomic mass is 10.2. The van der Waals surface area contributed by atoms with E-state index in [0.29, 0.717) is 5.56 Å². The molecule has 0 heterocycles. The maximum Gasteiger partial charge on any atom is 0.328 e. The number of benzene rings is 2. The fourth-order valence-electron chi connectivity index (χ4n) is 1.70. The predicted molar refractivity (Wildman–Crippen MR) is 80.3 cm³/mol. The van der Waals surface area contributed by atoms with Crippen LogP contribution in [0.5, 0.6) is 0 Å². The summed E-state index contributed by atoms with van der Waals surface area (Å²) in [4.78, 5) is 10.4. The molecule has 0 bridgehead atoms. The van der Waals surface area contributed by atoms with Gasteiger partial charge in [0.2, 0.25) is 0 Å². The van der Waals surface area contributed by atoms with Crippen molar-refractivity contribution < 1.29 is 22.7 Å². The van der Waals surface area contributed by atoms with Gasteiger partial charge in [-0.3, -0.25) is 4.72 Å². The van der Waals surface area contributed by atoms with Crippen molar-refractivity contribution in [1.82, 2.24) is 0 Å². The van der Waals surface area contributed by atoms with Crippen molar-refractivity contribution >= 4 is 27.8 Å². The van der Waals surface area contributed by atoms with Crippen LogP contribution in [0.25, 0.3) is 6.08 Å². The number of halogens is 1. The van der Waals surface area contributed by atoms with Gasteiger partial charge in [-0.05, 0) is 35.9 Å². The Morgan fingerprint density at radius 3 is 2.55 bits per heavy atom. The molecule has 0 amide bonds. The largest absolute Gasteiger partial charge is 0.478 e. The van der Waals surface area contributed by atoms with Crippen molar-refractivity contribution in [3.05, 3.63) is 66.0 Å². The molecule has 22 heavy (non-hydrogen) atoms. The van der Waals surface area contributed by atoms with Crippen molar-refractivity contribution in [3.8, 4) is 0 Å². The van der Waals surface area contributed by atoms with Gasteiger partial charge in [-0.25, -0.2) is 17.6 Å². The molecule has 0 aromatic heterocycles. The molecule has 2 aromatic rings. The zero-order valence-electron chi connectivity index (χ0n) is 11.2. The average molecular weight is 321 g/mol. The summed E-state index contributed by atoms with van der Waals surface area (Å²) >= 11 is 0. The number of carbonyl (C=O) groups is 1. The number of aliphatic carboxylic acids is 1. The molecule has 0 aliphatic carbocycles. The van der Waals surface area contributed by atoms with Crippen LogP contribution in [0.2, 0.25) is 0 Å². The summed E-state index contributed by atoms with van der Waals surface area (Å²) in [5, 5.41) is 8.57. The maximum atomic E-state index is 13.5. The summed E-state index contributed by atoms with van der Waals surface area (Å²) in [6, 6.07) is 11.1. The van der Waals surface area contributed by atoms with E-state index in [0.717, 1.165) is 12.1 Å². The molecular weight excluding hydrogens is 309 g/mol. The number of sulfonamides is 1. The Balaban J connectivity index is 2.32. The summed E-state index contributed by atoms with van der Waals surface area (Å²) in [5.74, 6) is -1.83. The van der Waals surface area contributed by atoms with Gasteiger partial charge < -0.3 is 5.11 Å². The van der Waals surface area contributed by atoms with Crippen molar-refractivity contribution in [3.63, 3.8) is 0 Å². The molecule has 5 nitrogen and oxygen atoms in total. The van der Waals surface area contributed by atoms with E-state index < -0.39 is 21.8 Å². The second-order valence-electron chi connectivity index (χ2n) is 4.33. The summed E-state index contributed by atoms with van der Waals surface area (Å²) in [6.45, 7) is 0. The van der Waals surface area contributed by atoms with Gasteiger partial charge in [-0.2, -0.15) is 0 Å². The summed E-state index contributed by atoms with van der Waals surface area (Å²) in [5.41, 5.74) is 0.243. The Morgan fingerprint density at radius 2 is 1.86 bits per heavy atom. The van der Waals surface area contributed by atoms with Crippen molar-refractivity contribution in [2.24, 2.45) is 0 Å². The van der Waals surface area contributed by atoms with Gasteiger partial charge in [0.05, 0.1) is 10.6 Å². The summed E-state index contributed by atoms with van der Waals surface area (Å²) in [6.07, 6.45) is 2.17. The molecule has 0 fully saturated rings. The molecule has 0 aliphatic rings. The predicted octanol–water partition coefficient (Wildman–Crippen LogP) is 2.72. The molecule has 0 radical (unpaired) electrons. The molecular formula is C15H12FNO4S. The first kappa shape index (κ1) is 15.7. The van der Waals surface area contributed by atoms with E-state index in [-0.39, 0.29) is 10.6 Å². The number of carboxylic acid groups (broad SMARTS) is 1. The van der Waals surface area contributed by atoms with E-state index in [9.17, 15) is 17.6 Å². The van der Waals surface area contributed by atoms with E-state index >= 15 is 0 Å². The van der Waals surface area contributed by atoms with Crippen molar-refractivity contribution in [1.29, 1.82) is 0 Å². The van der Waals surface area contributed by atoms with E-state index in [4.69, 9.17) is 5.11 Å². The SMILES string of the molecule is O=C(O)C=Cc1cccc(S(=O)(=O)Nc2ccccc2F)c1. The van der Waals surface area contributed by atoms with Crippen LogP contribution in [0, 0.1) is 5.82 Å². The quantitative estimate of drug-likeness (QED) is 0.829. The van der Waals surface area contributed by atoms with Crippen LogP contribution in [-0.2, 0) is 14.8 Å². The zero-order chi connectivity index (χ0) is 16.2. The zero-order valence-corrected chi connectivity index (χ0v) is 12.0. The molecule has 0 saturated carbocycles. The molecule has 7 heteroatoms. The molecule has 2 rings (SSSR count). The van der Waals surface area contributed by atoms with Gasteiger partial charge in [0.1, 0.15) is 5.82 Å². The maximum absolute atomic E-state index is 13.5. The minimum Gasteiger partial charge on any atom is -0.478 e. The van der Waals surface area contributed by atoms with Crippen molar-refractivity contribution in [2.75, 3.05) is 4.72 Å². The number of carboxylic acids is 1. The van der Waals surface area contributed by atoms with Crippen LogP contribution >= 0.6 is 0 Å². The minimum atomic E-state index is -3.97. The molecule has 2 N–H and O–H groups in total. The van der Waals surface area contributed by atoms with E-state index in [1.165, 1.54) is 42.5 Å².